The highest BCUT2D eigenvalue weighted by molar-refractivity contribution is 6.16. The van der Waals surface area contributed by atoms with Crippen molar-refractivity contribution in [3.8, 4) is 17.2 Å². The lowest BCUT2D eigenvalue weighted by molar-refractivity contribution is -0.204. The molecule has 0 aromatic heterocycles. The average molecular weight is 633 g/mol. The Kier molecular flexibility index (Phi) is 8.71. The third kappa shape index (κ3) is 5.14. The number of fused-ring (bicyclic) bond motifs is 1. The quantitative estimate of drug-likeness (QED) is 0.159. The number of phenols is 2. The Morgan fingerprint density at radius 1 is 0.957 bits per heavy atom. The largest absolute Gasteiger partial charge is 0.507 e. The summed E-state index contributed by atoms with van der Waals surface area (Å²) in [4.78, 5) is 26.5. The Morgan fingerprint density at radius 3 is 2.24 bits per heavy atom. The number of rotatable bonds is 10. The molecular weight excluding hydrogens is 584 g/mol. The Morgan fingerprint density at radius 2 is 1.61 bits per heavy atom. The summed E-state index contributed by atoms with van der Waals surface area (Å²) in [5.74, 6) is -2.66. The van der Waals surface area contributed by atoms with Crippen LogP contribution >= 0.6 is 0 Å². The molecule has 8 nitrogen and oxygen atoms in total. The first-order chi connectivity index (χ1) is 21.5. The number of carbonyl (C=O) groups is 2. The van der Waals surface area contributed by atoms with E-state index in [4.69, 9.17) is 9.47 Å². The Labute approximate surface area is 271 Å². The zero-order chi connectivity index (χ0) is 33.9. The van der Waals surface area contributed by atoms with Crippen LogP contribution in [0, 0.1) is 11.8 Å². The Balaban J connectivity index is 1.71. The van der Waals surface area contributed by atoms with E-state index in [0.29, 0.717) is 17.6 Å². The molecule has 1 aromatic carbocycles. The molecule has 2 fully saturated rings. The molecular formula is C38H48O8. The van der Waals surface area contributed by atoms with E-state index in [1.807, 2.05) is 46.8 Å². The van der Waals surface area contributed by atoms with Gasteiger partial charge in [-0.3, -0.25) is 4.79 Å². The van der Waals surface area contributed by atoms with Crippen LogP contribution in [0.4, 0.5) is 0 Å². The van der Waals surface area contributed by atoms with E-state index in [-0.39, 0.29) is 59.1 Å². The highest BCUT2D eigenvalue weighted by Crippen LogP contribution is 2.69. The molecule has 6 rings (SSSR count). The van der Waals surface area contributed by atoms with Crippen molar-refractivity contribution in [2.75, 3.05) is 0 Å². The number of carboxylic acids is 1. The molecule has 1 saturated carbocycles. The number of aliphatic carboxylic acids is 1. The van der Waals surface area contributed by atoms with Crippen molar-refractivity contribution in [2.24, 2.45) is 11.8 Å². The van der Waals surface area contributed by atoms with Crippen molar-refractivity contribution < 1.29 is 39.5 Å². The standard InChI is InChI=1S/C38H48O8/c1-20(2)10-9-11-22(5)13-15-25-30(39)26(14-12-21(3)4)33-29(31(25)40)32(41)27-18-24-19-28-36(7,8)46-37(34(24)42,38(27,28)45-33)17-16-23(6)35(43)44/h10,12-13,16,18,24,28,34,39-40,42H,9,11,14-15,17,19H2,1-8H3,(H,43,44)/b22-13+,23-16+. The van der Waals surface area contributed by atoms with E-state index >= 15 is 0 Å². The highest BCUT2D eigenvalue weighted by atomic mass is 16.6. The number of ketones is 1. The second kappa shape index (κ2) is 11.9. The first-order valence-corrected chi connectivity index (χ1v) is 16.2. The fourth-order valence-corrected chi connectivity index (χ4v) is 8.04. The van der Waals surface area contributed by atoms with Crippen LogP contribution in [0.15, 0.2) is 58.2 Å². The second-order valence-electron chi connectivity index (χ2n) is 14.6. The van der Waals surface area contributed by atoms with Crippen LogP contribution in [0.1, 0.15) is 103 Å². The van der Waals surface area contributed by atoms with E-state index in [0.717, 1.165) is 24.0 Å². The molecule has 5 aliphatic rings. The highest BCUT2D eigenvalue weighted by Gasteiger charge is 2.80. The summed E-state index contributed by atoms with van der Waals surface area (Å²) in [5, 5.41) is 44.9. The first-order valence-electron chi connectivity index (χ1n) is 16.2. The maximum atomic E-state index is 14.7. The van der Waals surface area contributed by atoms with Crippen molar-refractivity contribution in [1.82, 2.24) is 0 Å². The monoisotopic (exact) mass is 632 g/mol. The average Bonchev–Trinajstić information content (AvgIpc) is 3.12. The molecule has 0 radical (unpaired) electrons. The number of aliphatic hydroxyl groups excluding tert-OH is 1. The van der Waals surface area contributed by atoms with Crippen molar-refractivity contribution in [3.05, 3.63) is 74.9 Å². The van der Waals surface area contributed by atoms with E-state index in [1.54, 1.807) is 6.08 Å². The maximum absolute atomic E-state index is 14.7. The van der Waals surface area contributed by atoms with Crippen molar-refractivity contribution in [1.29, 1.82) is 0 Å². The molecule has 8 heteroatoms. The predicted molar refractivity (Wildman–Crippen MR) is 176 cm³/mol. The molecule has 3 aliphatic carbocycles. The summed E-state index contributed by atoms with van der Waals surface area (Å²) in [6, 6.07) is 0. The van der Waals surface area contributed by atoms with E-state index < -0.39 is 40.6 Å². The number of Topliss-reactive ketones (excluding diaryl/α,β-unsaturated/α-hetero) is 1. The molecule has 1 saturated heterocycles. The lowest BCUT2D eigenvalue weighted by Gasteiger charge is -2.59. The molecule has 1 spiro atoms. The lowest BCUT2D eigenvalue weighted by atomic mass is 9.50. The number of aliphatic hydroxyl groups is 1. The van der Waals surface area contributed by atoms with Gasteiger partial charge in [-0.05, 0) is 87.5 Å². The van der Waals surface area contributed by atoms with Gasteiger partial charge in [0, 0.05) is 40.5 Å². The number of carboxylic acid groups (broad SMARTS) is 1. The summed E-state index contributed by atoms with van der Waals surface area (Å²) in [7, 11) is 0. The zero-order valence-corrected chi connectivity index (χ0v) is 28.3. The number of allylic oxidation sites excluding steroid dienone is 6. The third-order valence-corrected chi connectivity index (χ3v) is 10.4. The smallest absolute Gasteiger partial charge is 0.330 e. The number of carbonyl (C=O) groups excluding carboxylic acids is 1. The fraction of sp³-hybridized carbons (Fsp3) is 0.526. The van der Waals surface area contributed by atoms with Crippen LogP contribution in [0.25, 0.3) is 0 Å². The van der Waals surface area contributed by atoms with Crippen molar-refractivity contribution in [3.63, 3.8) is 0 Å². The summed E-state index contributed by atoms with van der Waals surface area (Å²) < 4.78 is 13.8. The molecule has 46 heavy (non-hydrogen) atoms. The van der Waals surface area contributed by atoms with Gasteiger partial charge in [0.25, 0.3) is 0 Å². The molecule has 0 amide bonds. The fourth-order valence-electron chi connectivity index (χ4n) is 8.04. The normalized spacial score (nSPS) is 29.0. The van der Waals surface area contributed by atoms with Gasteiger partial charge in [-0.15, -0.1) is 0 Å². The van der Waals surface area contributed by atoms with Gasteiger partial charge in [-0.25, -0.2) is 4.79 Å². The molecule has 4 N–H and O–H groups in total. The van der Waals surface area contributed by atoms with Gasteiger partial charge in [-0.1, -0.05) is 47.1 Å². The molecule has 5 atom stereocenters. The van der Waals surface area contributed by atoms with Gasteiger partial charge in [0.15, 0.2) is 11.4 Å². The van der Waals surface area contributed by atoms with E-state index in [1.165, 1.54) is 18.6 Å². The number of benzene rings is 1. The van der Waals surface area contributed by atoms with Gasteiger partial charge in [0.1, 0.15) is 28.4 Å². The molecule has 5 unspecified atom stereocenters. The number of hydrogen-bond donors (Lipinski definition) is 4. The van der Waals surface area contributed by atoms with E-state index in [2.05, 4.69) is 19.9 Å². The lowest BCUT2D eigenvalue weighted by Crippen LogP contribution is -2.73. The molecule has 2 aliphatic heterocycles. The molecule has 4 bridgehead atoms. The number of aromatic hydroxyl groups is 2. The van der Waals surface area contributed by atoms with Crippen molar-refractivity contribution in [2.45, 2.75) is 117 Å². The minimum absolute atomic E-state index is 0.00114. The van der Waals surface area contributed by atoms with Crippen molar-refractivity contribution >= 4 is 11.8 Å². The van der Waals surface area contributed by atoms with Crippen LogP contribution in [0.5, 0.6) is 17.2 Å². The van der Waals surface area contributed by atoms with Gasteiger partial charge >= 0.3 is 5.97 Å². The van der Waals surface area contributed by atoms with Gasteiger partial charge in [-0.2, -0.15) is 0 Å². The summed E-state index contributed by atoms with van der Waals surface area (Å²) in [5.41, 5.74) is 0.625. The minimum atomic E-state index is -1.47. The van der Waals surface area contributed by atoms with Crippen LogP contribution in [0.2, 0.25) is 0 Å². The van der Waals surface area contributed by atoms with Gasteiger partial charge in [0.05, 0.1) is 11.7 Å². The minimum Gasteiger partial charge on any atom is -0.507 e. The molecule has 1 aromatic rings. The van der Waals surface area contributed by atoms with Crippen LogP contribution < -0.4 is 4.74 Å². The second-order valence-corrected chi connectivity index (χ2v) is 14.6. The third-order valence-electron chi connectivity index (χ3n) is 10.4. The summed E-state index contributed by atoms with van der Waals surface area (Å²) >= 11 is 0. The predicted octanol–water partition coefficient (Wildman–Crippen LogP) is 7.06. The first kappa shape index (κ1) is 33.7. The zero-order valence-electron chi connectivity index (χ0n) is 28.3. The van der Waals surface area contributed by atoms with Crippen LogP contribution in [-0.4, -0.2) is 55.1 Å². The topological polar surface area (TPSA) is 134 Å². The SMILES string of the molecule is CC(C)=CCC/C(C)=C/Cc1c(O)c(CC=C(C)C)c2c(c1O)C(=O)C1=CC3CC4C(C)(C)OC(C/C=C(\C)C(=O)O)(C3O)C14O2. The summed E-state index contributed by atoms with van der Waals surface area (Å²) in [6.45, 7) is 15.3. The maximum Gasteiger partial charge on any atom is 0.330 e. The van der Waals surface area contributed by atoms with E-state index in [9.17, 15) is 30.0 Å². The van der Waals surface area contributed by atoms with Crippen LogP contribution in [0.3, 0.4) is 0 Å². The van der Waals surface area contributed by atoms with Crippen LogP contribution in [-0.2, 0) is 22.4 Å². The Bertz CT molecular complexity index is 1630. The number of ether oxygens (including phenoxy) is 2. The van der Waals surface area contributed by atoms with Gasteiger partial charge < -0.3 is 29.9 Å². The number of phenolic OH excluding ortho intramolecular Hbond substituents is 2. The Hall–Kier alpha value is -3.62. The number of hydrogen-bond acceptors (Lipinski definition) is 7. The summed E-state index contributed by atoms with van der Waals surface area (Å²) in [6.07, 6.45) is 11.0. The van der Waals surface area contributed by atoms with Gasteiger partial charge in [0.2, 0.25) is 0 Å². The molecule has 248 valence electrons. The molecule has 2 heterocycles.